The quantitative estimate of drug-likeness (QED) is 0.437. The molecular formula is C28H28N4O4S. The van der Waals surface area contributed by atoms with Crippen molar-refractivity contribution in [3.8, 4) is 0 Å². The summed E-state index contributed by atoms with van der Waals surface area (Å²) >= 11 is 0. The van der Waals surface area contributed by atoms with E-state index in [1.165, 1.54) is 29.7 Å². The number of hydrogen-bond donors (Lipinski definition) is 1. The summed E-state index contributed by atoms with van der Waals surface area (Å²) in [4.78, 5) is 33.5. The van der Waals surface area contributed by atoms with Crippen molar-refractivity contribution in [2.24, 2.45) is 0 Å². The van der Waals surface area contributed by atoms with Crippen LogP contribution in [0.4, 0.5) is 11.4 Å². The Morgan fingerprint density at radius 2 is 1.65 bits per heavy atom. The second-order valence-electron chi connectivity index (χ2n) is 9.17. The topological polar surface area (TPSA) is 93.8 Å². The molecule has 8 nitrogen and oxygen atoms in total. The molecule has 0 aliphatic carbocycles. The number of rotatable bonds is 5. The van der Waals surface area contributed by atoms with E-state index in [9.17, 15) is 18.0 Å². The summed E-state index contributed by atoms with van der Waals surface area (Å²) in [5.74, 6) is -0.360. The van der Waals surface area contributed by atoms with Crippen molar-refractivity contribution in [1.29, 1.82) is 0 Å². The Morgan fingerprint density at radius 3 is 2.35 bits per heavy atom. The Labute approximate surface area is 215 Å². The average molecular weight is 517 g/mol. The maximum Gasteiger partial charge on any atom is 0.264 e. The average Bonchev–Trinajstić information content (AvgIpc) is 2.93. The molecule has 1 fully saturated rings. The normalized spacial score (nSPS) is 14.1. The number of anilines is 2. The SMILES string of the molecule is Cc1cccc(N(C)S(=O)(=O)c2ccc3[nH]cc(C(=O)N4CCN(c5ccccc5)CC4)c(=O)c3c2)c1. The third kappa shape index (κ3) is 4.70. The number of aromatic nitrogens is 1. The molecule has 0 bridgehead atoms. The molecule has 1 saturated heterocycles. The van der Waals surface area contributed by atoms with E-state index in [2.05, 4.69) is 9.88 Å². The van der Waals surface area contributed by atoms with Gasteiger partial charge in [0.1, 0.15) is 5.56 Å². The first-order chi connectivity index (χ1) is 17.8. The first-order valence-electron chi connectivity index (χ1n) is 12.1. The lowest BCUT2D eigenvalue weighted by molar-refractivity contribution is 0.0745. The number of amides is 1. The summed E-state index contributed by atoms with van der Waals surface area (Å²) in [5.41, 5.74) is 2.53. The van der Waals surface area contributed by atoms with E-state index in [1.54, 1.807) is 29.2 Å². The fraction of sp³-hybridized carbons (Fsp3) is 0.214. The maximum atomic E-state index is 13.4. The molecule has 1 N–H and O–H groups in total. The van der Waals surface area contributed by atoms with E-state index in [0.717, 1.165) is 11.3 Å². The van der Waals surface area contributed by atoms with Gasteiger partial charge in [0.05, 0.1) is 10.6 Å². The highest BCUT2D eigenvalue weighted by Crippen LogP contribution is 2.25. The number of nitrogens with zero attached hydrogens (tertiary/aromatic N) is 3. The molecule has 1 aliphatic rings. The van der Waals surface area contributed by atoms with Crippen molar-refractivity contribution in [3.63, 3.8) is 0 Å². The Hall–Kier alpha value is -4.11. The minimum atomic E-state index is -3.92. The second-order valence-corrected chi connectivity index (χ2v) is 11.1. The monoisotopic (exact) mass is 516 g/mol. The third-order valence-electron chi connectivity index (χ3n) is 6.79. The molecule has 0 saturated carbocycles. The van der Waals surface area contributed by atoms with Crippen molar-refractivity contribution in [2.75, 3.05) is 42.4 Å². The van der Waals surface area contributed by atoms with Crippen LogP contribution in [0.2, 0.25) is 0 Å². The van der Waals surface area contributed by atoms with Crippen LogP contribution in [0.1, 0.15) is 15.9 Å². The van der Waals surface area contributed by atoms with Crippen molar-refractivity contribution >= 4 is 38.2 Å². The molecule has 9 heteroatoms. The maximum absolute atomic E-state index is 13.4. The Kier molecular flexibility index (Phi) is 6.47. The summed E-state index contributed by atoms with van der Waals surface area (Å²) in [6.07, 6.45) is 1.42. The predicted molar refractivity (Wildman–Crippen MR) is 146 cm³/mol. The minimum Gasteiger partial charge on any atom is -0.368 e. The van der Waals surface area contributed by atoms with E-state index in [4.69, 9.17) is 0 Å². The van der Waals surface area contributed by atoms with Crippen LogP contribution in [0.25, 0.3) is 10.9 Å². The number of nitrogens with one attached hydrogen (secondary N) is 1. The predicted octanol–water partition coefficient (Wildman–Crippen LogP) is 3.62. The van der Waals surface area contributed by atoms with Crippen LogP contribution in [-0.4, -0.2) is 57.4 Å². The number of pyridine rings is 1. The Balaban J connectivity index is 1.41. The van der Waals surface area contributed by atoms with Gasteiger partial charge in [-0.3, -0.25) is 13.9 Å². The van der Waals surface area contributed by atoms with Gasteiger partial charge < -0.3 is 14.8 Å². The van der Waals surface area contributed by atoms with E-state index >= 15 is 0 Å². The number of piperazine rings is 1. The lowest BCUT2D eigenvalue weighted by Gasteiger charge is -2.36. The first kappa shape index (κ1) is 24.6. The zero-order valence-electron chi connectivity index (χ0n) is 20.7. The van der Waals surface area contributed by atoms with Gasteiger partial charge in [-0.05, 0) is 55.0 Å². The smallest absolute Gasteiger partial charge is 0.264 e. The largest absolute Gasteiger partial charge is 0.368 e. The molecule has 1 amide bonds. The van der Waals surface area contributed by atoms with Crippen LogP contribution in [0.5, 0.6) is 0 Å². The van der Waals surface area contributed by atoms with Crippen LogP contribution in [0.3, 0.4) is 0 Å². The highest BCUT2D eigenvalue weighted by atomic mass is 32.2. The van der Waals surface area contributed by atoms with Crippen molar-refractivity contribution in [1.82, 2.24) is 9.88 Å². The van der Waals surface area contributed by atoms with Gasteiger partial charge in [0, 0.05) is 56.0 Å². The van der Waals surface area contributed by atoms with Gasteiger partial charge >= 0.3 is 0 Å². The van der Waals surface area contributed by atoms with Gasteiger partial charge in [-0.25, -0.2) is 8.42 Å². The summed E-state index contributed by atoms with van der Waals surface area (Å²) < 4.78 is 27.9. The summed E-state index contributed by atoms with van der Waals surface area (Å²) in [7, 11) is -2.44. The van der Waals surface area contributed by atoms with E-state index in [-0.39, 0.29) is 21.8 Å². The number of carbonyl (C=O) groups is 1. The number of carbonyl (C=O) groups excluding carboxylic acids is 1. The van der Waals surface area contributed by atoms with Crippen LogP contribution in [0, 0.1) is 6.92 Å². The zero-order valence-corrected chi connectivity index (χ0v) is 21.5. The fourth-order valence-electron chi connectivity index (χ4n) is 4.61. The first-order valence-corrected chi connectivity index (χ1v) is 13.5. The molecule has 0 atom stereocenters. The van der Waals surface area contributed by atoms with Crippen LogP contribution in [0.15, 0.2) is 88.7 Å². The summed E-state index contributed by atoms with van der Waals surface area (Å²) in [5, 5.41) is 0.160. The Morgan fingerprint density at radius 1 is 0.919 bits per heavy atom. The molecular weight excluding hydrogens is 488 g/mol. The number of sulfonamides is 1. The molecule has 3 aromatic carbocycles. The number of aromatic amines is 1. The molecule has 190 valence electrons. The molecule has 0 radical (unpaired) electrons. The van der Waals surface area contributed by atoms with Crippen LogP contribution in [-0.2, 0) is 10.0 Å². The van der Waals surface area contributed by atoms with E-state index in [0.29, 0.717) is 37.4 Å². The van der Waals surface area contributed by atoms with E-state index in [1.807, 2.05) is 43.3 Å². The molecule has 2 heterocycles. The van der Waals surface area contributed by atoms with Crippen molar-refractivity contribution < 1.29 is 13.2 Å². The summed E-state index contributed by atoms with van der Waals surface area (Å²) in [6.45, 7) is 4.19. The third-order valence-corrected chi connectivity index (χ3v) is 8.58. The zero-order chi connectivity index (χ0) is 26.2. The Bertz CT molecular complexity index is 1630. The number of hydrogen-bond acceptors (Lipinski definition) is 5. The molecule has 5 rings (SSSR count). The molecule has 1 aromatic heterocycles. The number of fused-ring (bicyclic) bond motifs is 1. The van der Waals surface area contributed by atoms with Crippen LogP contribution >= 0.6 is 0 Å². The van der Waals surface area contributed by atoms with Crippen LogP contribution < -0.4 is 14.6 Å². The highest BCUT2D eigenvalue weighted by molar-refractivity contribution is 7.92. The molecule has 37 heavy (non-hydrogen) atoms. The van der Waals surface area contributed by atoms with Gasteiger partial charge in [-0.1, -0.05) is 30.3 Å². The van der Waals surface area contributed by atoms with Gasteiger partial charge in [0.2, 0.25) is 5.43 Å². The highest BCUT2D eigenvalue weighted by Gasteiger charge is 2.26. The van der Waals surface area contributed by atoms with Gasteiger partial charge in [0.25, 0.3) is 15.9 Å². The number of aryl methyl sites for hydroxylation is 1. The molecule has 0 unspecified atom stereocenters. The second kappa shape index (κ2) is 9.74. The molecule has 1 aliphatic heterocycles. The number of para-hydroxylation sites is 1. The van der Waals surface area contributed by atoms with Gasteiger partial charge in [-0.2, -0.15) is 0 Å². The van der Waals surface area contributed by atoms with Crippen molar-refractivity contribution in [3.05, 3.63) is 100 Å². The van der Waals surface area contributed by atoms with Gasteiger partial charge in [-0.15, -0.1) is 0 Å². The molecule has 4 aromatic rings. The standard InChI is InChI=1S/C28H28N4O4S/c1-20-7-6-10-22(17-20)30(2)37(35,36)23-11-12-26-24(18-23)27(33)25(19-29-26)28(34)32-15-13-31(14-16-32)21-8-4-3-5-9-21/h3-12,17-19H,13-16H2,1-2H3,(H,29,33). The number of H-pyrrole nitrogens is 1. The number of benzene rings is 3. The summed E-state index contributed by atoms with van der Waals surface area (Å²) in [6, 6.07) is 21.5. The van der Waals surface area contributed by atoms with Crippen molar-refractivity contribution in [2.45, 2.75) is 11.8 Å². The fourth-order valence-corrected chi connectivity index (χ4v) is 5.83. The lowest BCUT2D eigenvalue weighted by Crippen LogP contribution is -2.49. The lowest BCUT2D eigenvalue weighted by atomic mass is 10.1. The van der Waals surface area contributed by atoms with E-state index < -0.39 is 15.5 Å². The minimum absolute atomic E-state index is 0.00208. The molecule has 0 spiro atoms. The van der Waals surface area contributed by atoms with Gasteiger partial charge in [0.15, 0.2) is 0 Å².